The van der Waals surface area contributed by atoms with E-state index in [0.717, 1.165) is 45.4 Å². The zero-order valence-electron chi connectivity index (χ0n) is 20.3. The Morgan fingerprint density at radius 2 is 1.31 bits per heavy atom. The lowest BCUT2D eigenvalue weighted by molar-refractivity contribution is -0.154. The SMILES string of the molecule is O=C(COC(=O)CN1C(=O)[C@@H]2C3c4ccccc4C(c4ccccc43)[C@H]2C1=O)Nc1cccc(C(F)(F)F)c1. The van der Waals surface area contributed by atoms with Gasteiger partial charge in [0.2, 0.25) is 11.8 Å². The number of nitrogens with zero attached hydrogens (tertiary/aromatic N) is 1. The number of carbonyl (C=O) groups excluding carboxylic acids is 4. The van der Waals surface area contributed by atoms with E-state index in [2.05, 4.69) is 5.32 Å². The first-order valence-electron chi connectivity index (χ1n) is 12.3. The topological polar surface area (TPSA) is 92.8 Å². The predicted molar refractivity (Wildman–Crippen MR) is 131 cm³/mol. The van der Waals surface area contributed by atoms with Crippen molar-refractivity contribution < 1.29 is 37.1 Å². The number of rotatable bonds is 5. The van der Waals surface area contributed by atoms with Gasteiger partial charge in [-0.1, -0.05) is 54.6 Å². The number of hydrogen-bond acceptors (Lipinski definition) is 5. The summed E-state index contributed by atoms with van der Waals surface area (Å²) < 4.78 is 43.6. The second-order valence-corrected chi connectivity index (χ2v) is 9.81. The molecule has 3 aromatic rings. The first kappa shape index (κ1) is 24.8. The lowest BCUT2D eigenvalue weighted by Crippen LogP contribution is -2.41. The van der Waals surface area contributed by atoms with Crippen LogP contribution in [0.15, 0.2) is 72.8 Å². The number of ether oxygens (including phenoxy) is 1. The minimum atomic E-state index is -4.58. The molecule has 7 rings (SSSR count). The van der Waals surface area contributed by atoms with E-state index in [1.54, 1.807) is 0 Å². The molecule has 1 saturated heterocycles. The van der Waals surface area contributed by atoms with Gasteiger partial charge in [0.25, 0.3) is 5.91 Å². The number of nitrogens with one attached hydrogen (secondary N) is 1. The number of anilines is 1. The summed E-state index contributed by atoms with van der Waals surface area (Å²) in [5.41, 5.74) is 2.94. The minimum absolute atomic E-state index is 0.116. The van der Waals surface area contributed by atoms with Crippen molar-refractivity contribution in [3.63, 3.8) is 0 Å². The molecule has 0 spiro atoms. The van der Waals surface area contributed by atoms with Gasteiger partial charge in [-0.25, -0.2) is 0 Å². The summed E-state index contributed by atoms with van der Waals surface area (Å²) in [4.78, 5) is 52.7. The molecule has 10 heteroatoms. The first-order chi connectivity index (χ1) is 18.6. The average molecular weight is 534 g/mol. The number of likely N-dealkylation sites (tertiary alicyclic amines) is 1. The summed E-state index contributed by atoms with van der Waals surface area (Å²) in [6.45, 7) is -1.45. The molecule has 198 valence electrons. The van der Waals surface area contributed by atoms with E-state index in [-0.39, 0.29) is 17.5 Å². The third kappa shape index (κ3) is 4.07. The third-order valence-corrected chi connectivity index (χ3v) is 7.66. The van der Waals surface area contributed by atoms with Gasteiger partial charge in [0.1, 0.15) is 6.54 Å². The summed E-state index contributed by atoms with van der Waals surface area (Å²) in [5, 5.41) is 2.24. The summed E-state index contributed by atoms with van der Waals surface area (Å²) in [7, 11) is 0. The van der Waals surface area contributed by atoms with Crippen molar-refractivity contribution >= 4 is 29.4 Å². The van der Waals surface area contributed by atoms with Crippen LogP contribution in [0.3, 0.4) is 0 Å². The highest BCUT2D eigenvalue weighted by Crippen LogP contribution is 2.60. The molecule has 39 heavy (non-hydrogen) atoms. The number of carbonyl (C=O) groups is 4. The third-order valence-electron chi connectivity index (χ3n) is 7.66. The van der Waals surface area contributed by atoms with E-state index in [1.165, 1.54) is 6.07 Å². The maximum Gasteiger partial charge on any atom is 0.416 e. The predicted octanol–water partition coefficient (Wildman–Crippen LogP) is 4.08. The molecular formula is C29H21F3N2O5. The molecule has 2 bridgehead atoms. The lowest BCUT2D eigenvalue weighted by atomic mass is 9.55. The monoisotopic (exact) mass is 534 g/mol. The number of halogens is 3. The van der Waals surface area contributed by atoms with Gasteiger partial charge in [-0.05, 0) is 40.5 Å². The molecule has 0 aromatic heterocycles. The molecule has 3 aromatic carbocycles. The highest BCUT2D eigenvalue weighted by Gasteiger charge is 2.61. The van der Waals surface area contributed by atoms with Crippen molar-refractivity contribution in [2.45, 2.75) is 18.0 Å². The summed E-state index contributed by atoms with van der Waals surface area (Å²) in [6.07, 6.45) is -4.58. The molecule has 3 amide bonds. The van der Waals surface area contributed by atoms with Crippen LogP contribution in [0, 0.1) is 11.8 Å². The Bertz CT molecular complexity index is 1420. The van der Waals surface area contributed by atoms with Gasteiger partial charge in [-0.2, -0.15) is 13.2 Å². The van der Waals surface area contributed by atoms with Crippen molar-refractivity contribution in [3.8, 4) is 0 Å². The molecule has 0 unspecified atom stereocenters. The minimum Gasteiger partial charge on any atom is -0.454 e. The molecule has 0 saturated carbocycles. The van der Waals surface area contributed by atoms with E-state index >= 15 is 0 Å². The summed E-state index contributed by atoms with van der Waals surface area (Å²) in [5.74, 6) is -4.69. The molecule has 4 aliphatic rings. The summed E-state index contributed by atoms with van der Waals surface area (Å²) in [6, 6.07) is 19.5. The van der Waals surface area contributed by atoms with E-state index in [4.69, 9.17) is 4.74 Å². The van der Waals surface area contributed by atoms with E-state index in [0.29, 0.717) is 0 Å². The molecule has 0 radical (unpaired) electrons. The number of esters is 1. The van der Waals surface area contributed by atoms with Crippen LogP contribution < -0.4 is 5.32 Å². The van der Waals surface area contributed by atoms with Crippen molar-refractivity contribution in [2.75, 3.05) is 18.5 Å². The normalized spacial score (nSPS) is 22.7. The second kappa shape index (κ2) is 9.07. The smallest absolute Gasteiger partial charge is 0.416 e. The van der Waals surface area contributed by atoms with Crippen molar-refractivity contribution in [1.82, 2.24) is 4.90 Å². The Morgan fingerprint density at radius 1 is 0.795 bits per heavy atom. The van der Waals surface area contributed by atoms with Crippen LogP contribution >= 0.6 is 0 Å². The fourth-order valence-corrected chi connectivity index (χ4v) is 6.19. The van der Waals surface area contributed by atoms with Crippen LogP contribution in [-0.2, 0) is 30.1 Å². The van der Waals surface area contributed by atoms with Crippen molar-refractivity contribution in [1.29, 1.82) is 0 Å². The Balaban J connectivity index is 1.15. The Labute approximate surface area is 220 Å². The van der Waals surface area contributed by atoms with Gasteiger partial charge < -0.3 is 10.1 Å². The standard InChI is InChI=1S/C29H21F3N2O5/c30-29(31,32)15-6-5-7-16(12-15)33-21(35)14-39-22(36)13-34-27(37)25-23-17-8-1-2-9-18(17)24(26(25)28(34)38)20-11-4-3-10-19(20)23/h1-12,23-26H,13-14H2,(H,33,35)/t23?,24?,25-,26-/m1/s1. The zero-order valence-corrected chi connectivity index (χ0v) is 20.3. The van der Waals surface area contributed by atoms with Gasteiger partial charge in [0.15, 0.2) is 6.61 Å². The molecule has 7 nitrogen and oxygen atoms in total. The van der Waals surface area contributed by atoms with E-state index in [9.17, 15) is 32.3 Å². The van der Waals surface area contributed by atoms with Crippen LogP contribution in [0.4, 0.5) is 18.9 Å². The molecule has 3 aliphatic carbocycles. The zero-order chi connectivity index (χ0) is 27.5. The number of benzene rings is 3. The van der Waals surface area contributed by atoms with Gasteiger partial charge in [-0.15, -0.1) is 0 Å². The van der Waals surface area contributed by atoms with Crippen LogP contribution in [0.2, 0.25) is 0 Å². The summed E-state index contributed by atoms with van der Waals surface area (Å²) >= 11 is 0. The highest BCUT2D eigenvalue weighted by atomic mass is 19.4. The molecule has 2 atom stereocenters. The Morgan fingerprint density at radius 3 is 1.79 bits per heavy atom. The molecule has 1 fully saturated rings. The quantitative estimate of drug-likeness (QED) is 0.394. The Kier molecular flexibility index (Phi) is 5.78. The maximum absolute atomic E-state index is 13.5. The number of hydrogen-bond donors (Lipinski definition) is 1. The Hall–Kier alpha value is -4.47. The van der Waals surface area contributed by atoms with E-state index in [1.807, 2.05) is 48.5 Å². The van der Waals surface area contributed by atoms with Crippen LogP contribution in [0.1, 0.15) is 39.7 Å². The number of alkyl halides is 3. The second-order valence-electron chi connectivity index (χ2n) is 9.81. The maximum atomic E-state index is 13.5. The lowest BCUT2D eigenvalue weighted by Gasteiger charge is -2.45. The molecule has 1 N–H and O–H groups in total. The van der Waals surface area contributed by atoms with Crippen LogP contribution in [0.5, 0.6) is 0 Å². The van der Waals surface area contributed by atoms with Crippen LogP contribution in [0.25, 0.3) is 0 Å². The number of amides is 3. The fourth-order valence-electron chi connectivity index (χ4n) is 6.19. The number of imide groups is 1. The van der Waals surface area contributed by atoms with Crippen LogP contribution in [-0.4, -0.2) is 41.7 Å². The fraction of sp³-hybridized carbons (Fsp3) is 0.241. The van der Waals surface area contributed by atoms with Gasteiger partial charge >= 0.3 is 12.1 Å². The first-order valence-corrected chi connectivity index (χ1v) is 12.3. The average Bonchev–Trinajstić information content (AvgIpc) is 3.17. The van der Waals surface area contributed by atoms with Crippen molar-refractivity contribution in [3.05, 3.63) is 101 Å². The largest absolute Gasteiger partial charge is 0.454 e. The van der Waals surface area contributed by atoms with Gasteiger partial charge in [0, 0.05) is 17.5 Å². The van der Waals surface area contributed by atoms with Gasteiger partial charge in [-0.3, -0.25) is 24.1 Å². The molecule has 1 heterocycles. The van der Waals surface area contributed by atoms with Gasteiger partial charge in [0.05, 0.1) is 17.4 Å². The van der Waals surface area contributed by atoms with E-state index < -0.39 is 60.4 Å². The molecule has 1 aliphatic heterocycles. The highest BCUT2D eigenvalue weighted by molar-refractivity contribution is 6.09. The van der Waals surface area contributed by atoms with Crippen molar-refractivity contribution in [2.24, 2.45) is 11.8 Å². The molecular weight excluding hydrogens is 513 g/mol.